The third-order valence-electron chi connectivity index (χ3n) is 15.6. The minimum Gasteiger partial charge on any atom is -0.508 e. The molecule has 3 rings (SSSR count). The van der Waals surface area contributed by atoms with Gasteiger partial charge in [-0.15, -0.1) is 0 Å². The van der Waals surface area contributed by atoms with E-state index >= 15 is 0 Å². The molecule has 0 spiro atoms. The number of rotatable bonds is 41. The second-order valence-corrected chi connectivity index (χ2v) is 27.1. The molecule has 0 bridgehead atoms. The molecule has 0 aliphatic heterocycles. The topological polar surface area (TPSA) is 444 Å². The van der Waals surface area contributed by atoms with Gasteiger partial charge in [-0.05, 0) is 97.9 Å². The molecule has 0 saturated heterocycles. The molecular formula is C69H104N12O16S. The normalized spacial score (nSPS) is 15.4. The number of nitrogens with one attached hydrogen (secondary N) is 11. The Balaban J connectivity index is 1.94. The Labute approximate surface area is 579 Å². The van der Waals surface area contributed by atoms with E-state index in [2.05, 4.69) is 71.1 Å². The number of amides is 11. The number of carboxylic acids is 1. The van der Waals surface area contributed by atoms with Crippen LogP contribution >= 0.6 is 12.6 Å². The van der Waals surface area contributed by atoms with E-state index in [0.717, 1.165) is 6.92 Å². The zero-order valence-electron chi connectivity index (χ0n) is 58.1. The van der Waals surface area contributed by atoms with E-state index < -0.39 is 162 Å². The number of benzene rings is 3. The highest BCUT2D eigenvalue weighted by Crippen LogP contribution is 2.17. The Morgan fingerprint density at radius 2 is 0.694 bits per heavy atom. The van der Waals surface area contributed by atoms with Gasteiger partial charge < -0.3 is 84.6 Å². The number of aliphatic hydroxyl groups excluding tert-OH is 2. The number of aliphatic hydroxyl groups is 2. The smallest absolute Gasteiger partial charge is 0.328 e. The van der Waals surface area contributed by atoms with Crippen molar-refractivity contribution in [2.45, 2.75) is 207 Å². The van der Waals surface area contributed by atoms with Gasteiger partial charge in [-0.2, -0.15) is 12.6 Å². The van der Waals surface area contributed by atoms with Crippen molar-refractivity contribution in [3.05, 3.63) is 102 Å². The van der Waals surface area contributed by atoms with Crippen molar-refractivity contribution in [2.75, 3.05) is 12.4 Å². The SMILES string of the molecule is CC(C)C[C@H](NC(=O)[C@H](CC(C)C)NC(=O)[C@H](CC(C)C)NC(=O)[C@@H](N)CC(C)C)C(=O)N[C@@H](Cc1ccccc1)C(=O)N[C@@H](C)C(=O)N[C@@H](Cc1ccc(O)cc1)C(=O)N[C@@H](Cc1ccccc1)C(=O)N[C@@H](CO)C(=O)N[C@H](C(=O)N[C@@H](CS)C(=O)N[C@H](C(=O)O)[C@@H](C)O)C(C)C. The zero-order chi connectivity index (χ0) is 73.7. The van der Waals surface area contributed by atoms with Gasteiger partial charge in [-0.1, -0.05) is 142 Å². The van der Waals surface area contributed by atoms with Gasteiger partial charge in [0, 0.05) is 25.0 Å². The van der Waals surface area contributed by atoms with Crippen LogP contribution in [-0.4, -0.2) is 182 Å². The Bertz CT molecular complexity index is 3120. The highest BCUT2D eigenvalue weighted by atomic mass is 32.1. The monoisotopic (exact) mass is 1390 g/mol. The summed E-state index contributed by atoms with van der Waals surface area (Å²) in [5, 5.41) is 68.5. The maximum absolute atomic E-state index is 14.7. The van der Waals surface area contributed by atoms with Crippen LogP contribution in [-0.2, 0) is 76.8 Å². The van der Waals surface area contributed by atoms with E-state index in [-0.39, 0.29) is 73.7 Å². The van der Waals surface area contributed by atoms with E-state index in [0.29, 0.717) is 23.1 Å². The predicted octanol–water partition coefficient (Wildman–Crippen LogP) is 0.328. The number of aliphatic carboxylic acids is 1. The molecular weight excluding hydrogens is 1280 g/mol. The van der Waals surface area contributed by atoms with Crippen molar-refractivity contribution in [3.63, 3.8) is 0 Å². The average molecular weight is 1390 g/mol. The molecule has 0 radical (unpaired) electrons. The van der Waals surface area contributed by atoms with Crippen LogP contribution in [0.2, 0.25) is 0 Å². The number of hydrogen-bond donors (Lipinski definition) is 17. The van der Waals surface area contributed by atoms with Crippen molar-refractivity contribution in [1.82, 2.24) is 58.5 Å². The van der Waals surface area contributed by atoms with Gasteiger partial charge >= 0.3 is 5.97 Å². The largest absolute Gasteiger partial charge is 0.508 e. The van der Waals surface area contributed by atoms with Crippen LogP contribution in [0.3, 0.4) is 0 Å². The summed E-state index contributed by atoms with van der Waals surface area (Å²) < 4.78 is 0. The minimum absolute atomic E-state index is 0.0423. The molecule has 0 unspecified atom stereocenters. The second-order valence-electron chi connectivity index (χ2n) is 26.8. The van der Waals surface area contributed by atoms with E-state index in [1.165, 1.54) is 31.2 Å². The maximum atomic E-state index is 14.7. The van der Waals surface area contributed by atoms with Crippen LogP contribution < -0.4 is 64.2 Å². The van der Waals surface area contributed by atoms with Crippen LogP contribution in [0.1, 0.15) is 125 Å². The molecule has 29 heteroatoms. The fraction of sp³-hybridized carbons (Fsp3) is 0.565. The van der Waals surface area contributed by atoms with Gasteiger partial charge in [0.15, 0.2) is 6.04 Å². The average Bonchev–Trinajstić information content (AvgIpc) is 0.874. The summed E-state index contributed by atoms with van der Waals surface area (Å²) in [6.45, 7) is 19.5. The zero-order valence-corrected chi connectivity index (χ0v) is 58.9. The minimum atomic E-state index is -1.76. The van der Waals surface area contributed by atoms with Gasteiger partial charge in [0.05, 0.1) is 18.8 Å². The third-order valence-corrected chi connectivity index (χ3v) is 16.0. The number of carbonyl (C=O) groups is 12. The molecule has 11 amide bonds. The van der Waals surface area contributed by atoms with Crippen molar-refractivity contribution in [1.29, 1.82) is 0 Å². The van der Waals surface area contributed by atoms with Crippen molar-refractivity contribution in [2.24, 2.45) is 35.3 Å². The molecule has 0 aliphatic carbocycles. The summed E-state index contributed by atoms with van der Waals surface area (Å²) >= 11 is 4.11. The lowest BCUT2D eigenvalue weighted by molar-refractivity contribution is -0.145. The van der Waals surface area contributed by atoms with Crippen LogP contribution in [0.4, 0.5) is 0 Å². The molecule has 0 fully saturated rings. The first kappa shape index (κ1) is 83.6. The molecule has 28 nitrogen and oxygen atoms in total. The highest BCUT2D eigenvalue weighted by Gasteiger charge is 2.38. The van der Waals surface area contributed by atoms with E-state index in [1.807, 2.05) is 55.4 Å². The summed E-state index contributed by atoms with van der Waals surface area (Å²) in [6.07, 6.45) is -1.23. The number of nitrogens with two attached hydrogens (primary N) is 1. The number of phenols is 1. The predicted molar refractivity (Wildman–Crippen MR) is 370 cm³/mol. The standard InChI is InChI=1S/C69H104N12O16S/c1-36(2)27-47(70)59(86)73-48(28-37(3)4)61(88)74-49(29-38(5)6)62(89)75-50(30-39(7)8)63(90)76-51(31-43-19-15-13-16-20-43)60(87)71-41(11)58(85)72-52(33-45-23-25-46(84)26-24-45)64(91)77-53(32-44-21-17-14-18-22-44)65(92)78-54(34-82)66(93)80-56(40(9)10)68(95)79-55(35-98)67(94)81-57(42(12)83)69(96)97/h13-26,36-42,47-57,82-84,98H,27-35,70H2,1-12H3,(H,71,87)(H,72,85)(H,73,86)(H,74,88)(H,75,89)(H,76,90)(H,77,91)(H,78,92)(H,79,95)(H,80,93)(H,81,94)(H,96,97)/t41-,42+,47-,48-,49-,50-,51-,52-,53-,54-,55-,56-,57-/m0/s1. The Morgan fingerprint density at radius 1 is 0.378 bits per heavy atom. The molecule has 3 aromatic rings. The Hall–Kier alpha value is -8.67. The van der Waals surface area contributed by atoms with Crippen molar-refractivity contribution >= 4 is 83.6 Å². The summed E-state index contributed by atoms with van der Waals surface area (Å²) in [6, 6.07) is 6.11. The fourth-order valence-electron chi connectivity index (χ4n) is 10.3. The lowest BCUT2D eigenvalue weighted by Gasteiger charge is -2.29. The summed E-state index contributed by atoms with van der Waals surface area (Å²) in [5.74, 6) is -12.2. The van der Waals surface area contributed by atoms with E-state index in [4.69, 9.17) is 5.73 Å². The van der Waals surface area contributed by atoms with Crippen molar-refractivity contribution in [3.8, 4) is 5.75 Å². The van der Waals surface area contributed by atoms with Gasteiger partial charge in [-0.3, -0.25) is 52.7 Å². The number of hydrogen-bond acceptors (Lipinski definition) is 17. The molecule has 98 heavy (non-hydrogen) atoms. The van der Waals surface area contributed by atoms with Crippen LogP contribution in [0.25, 0.3) is 0 Å². The number of thiol groups is 1. The quantitative estimate of drug-likeness (QED) is 0.0340. The Kier molecular flexibility index (Phi) is 35.4. The molecule has 542 valence electrons. The lowest BCUT2D eigenvalue weighted by atomic mass is 9.98. The first-order chi connectivity index (χ1) is 46.0. The van der Waals surface area contributed by atoms with Crippen LogP contribution in [0.5, 0.6) is 5.75 Å². The van der Waals surface area contributed by atoms with Crippen molar-refractivity contribution < 1.29 is 78.0 Å². The molecule has 3 aromatic carbocycles. The lowest BCUT2D eigenvalue weighted by Crippen LogP contribution is -2.62. The van der Waals surface area contributed by atoms with Gasteiger partial charge in [0.1, 0.15) is 66.2 Å². The summed E-state index contributed by atoms with van der Waals surface area (Å²) in [4.78, 5) is 166. The van der Waals surface area contributed by atoms with Gasteiger partial charge in [0.2, 0.25) is 65.0 Å². The molecule has 0 saturated carbocycles. The molecule has 0 aromatic heterocycles. The molecule has 0 heterocycles. The number of aromatic hydroxyl groups is 1. The first-order valence-electron chi connectivity index (χ1n) is 33.1. The summed E-state index contributed by atoms with van der Waals surface area (Å²) in [5.41, 5.74) is 7.71. The number of carbonyl (C=O) groups excluding carboxylic acids is 11. The van der Waals surface area contributed by atoms with Gasteiger partial charge in [0.25, 0.3) is 0 Å². The molecule has 17 N–H and O–H groups in total. The third kappa shape index (κ3) is 29.2. The van der Waals surface area contributed by atoms with E-state index in [1.54, 1.807) is 74.5 Å². The first-order valence-corrected chi connectivity index (χ1v) is 33.7. The molecule has 13 atom stereocenters. The Morgan fingerprint density at radius 3 is 1.06 bits per heavy atom. The van der Waals surface area contributed by atoms with Gasteiger partial charge in [-0.25, -0.2) is 4.79 Å². The maximum Gasteiger partial charge on any atom is 0.328 e. The van der Waals surface area contributed by atoms with Crippen LogP contribution in [0, 0.1) is 29.6 Å². The summed E-state index contributed by atoms with van der Waals surface area (Å²) in [7, 11) is 0. The number of carboxylic acid groups (broad SMARTS) is 1. The molecule has 0 aliphatic rings. The second kappa shape index (κ2) is 41.6. The van der Waals surface area contributed by atoms with Crippen LogP contribution in [0.15, 0.2) is 84.9 Å². The fourth-order valence-corrected chi connectivity index (χ4v) is 10.6. The number of phenolic OH excluding ortho intramolecular Hbond substituents is 1. The highest BCUT2D eigenvalue weighted by molar-refractivity contribution is 7.80. The van der Waals surface area contributed by atoms with E-state index in [9.17, 15) is 78.0 Å².